The van der Waals surface area contributed by atoms with Gasteiger partial charge in [-0.15, -0.1) is 0 Å². The molecule has 0 radical (unpaired) electrons. The van der Waals surface area contributed by atoms with E-state index in [1.54, 1.807) is 0 Å². The largest absolute Gasteiger partial charge is 0.377 e. The zero-order valence-electron chi connectivity index (χ0n) is 10.5. The number of hydrogen-bond donors (Lipinski definition) is 2. The molecular weight excluding hydrogens is 234 g/mol. The van der Waals surface area contributed by atoms with Crippen molar-refractivity contribution in [2.45, 2.75) is 20.0 Å². The van der Waals surface area contributed by atoms with Crippen LogP contribution in [0.25, 0.3) is 0 Å². The number of ether oxygens (including phenoxy) is 1. The topological polar surface area (TPSA) is 94.3 Å². The third-order valence-electron chi connectivity index (χ3n) is 2.11. The number of hydrogen-bond acceptors (Lipinski definition) is 4. The van der Waals surface area contributed by atoms with Gasteiger partial charge >= 0.3 is 0 Å². The number of amides is 2. The fourth-order valence-corrected chi connectivity index (χ4v) is 1.27. The lowest BCUT2D eigenvalue weighted by atomic mass is 10.2. The smallest absolute Gasteiger partial charge is 0.267 e. The van der Waals surface area contributed by atoms with Crippen LogP contribution in [0.3, 0.4) is 0 Å². The summed E-state index contributed by atoms with van der Waals surface area (Å²) in [6.07, 6.45) is 1.50. The Morgan fingerprint density at radius 2 is 2.22 bits per heavy atom. The molecule has 6 heteroatoms. The Morgan fingerprint density at radius 3 is 2.83 bits per heavy atom. The highest BCUT2D eigenvalue weighted by molar-refractivity contribution is 5.97. The number of nitrogens with zero attached hydrogens (tertiary/aromatic N) is 1. The van der Waals surface area contributed by atoms with E-state index in [2.05, 4.69) is 10.3 Å². The molecule has 0 saturated carbocycles. The van der Waals surface area contributed by atoms with Gasteiger partial charge in [0, 0.05) is 18.3 Å². The molecule has 1 aromatic rings. The molecule has 0 aliphatic heterocycles. The van der Waals surface area contributed by atoms with Crippen molar-refractivity contribution in [2.75, 3.05) is 13.2 Å². The van der Waals surface area contributed by atoms with Crippen molar-refractivity contribution in [1.29, 1.82) is 0 Å². The van der Waals surface area contributed by atoms with Crippen molar-refractivity contribution >= 4 is 11.8 Å². The predicted octanol–water partition coefficient (Wildman–Crippen LogP) is 0.335. The van der Waals surface area contributed by atoms with Crippen LogP contribution >= 0.6 is 0 Å². The van der Waals surface area contributed by atoms with Crippen LogP contribution < -0.4 is 11.1 Å². The second-order valence-corrected chi connectivity index (χ2v) is 3.97. The van der Waals surface area contributed by atoms with E-state index in [0.717, 1.165) is 0 Å². The lowest BCUT2D eigenvalue weighted by Gasteiger charge is -2.08. The van der Waals surface area contributed by atoms with Gasteiger partial charge in [0.15, 0.2) is 0 Å². The van der Waals surface area contributed by atoms with Gasteiger partial charge in [-0.2, -0.15) is 0 Å². The summed E-state index contributed by atoms with van der Waals surface area (Å²) >= 11 is 0. The molecule has 6 nitrogen and oxygen atoms in total. The van der Waals surface area contributed by atoms with Gasteiger partial charge in [0.1, 0.15) is 5.69 Å². The predicted molar refractivity (Wildman–Crippen MR) is 66.2 cm³/mol. The second kappa shape index (κ2) is 6.70. The van der Waals surface area contributed by atoms with E-state index in [-0.39, 0.29) is 17.7 Å². The number of rotatable bonds is 6. The summed E-state index contributed by atoms with van der Waals surface area (Å²) in [7, 11) is 0. The summed E-state index contributed by atoms with van der Waals surface area (Å²) < 4.78 is 5.29. The van der Waals surface area contributed by atoms with Crippen LogP contribution in [0.4, 0.5) is 0 Å². The molecule has 1 heterocycles. The van der Waals surface area contributed by atoms with Crippen LogP contribution in [0.1, 0.15) is 34.7 Å². The highest BCUT2D eigenvalue weighted by atomic mass is 16.5. The van der Waals surface area contributed by atoms with Crippen LogP contribution in [0.2, 0.25) is 0 Å². The molecule has 1 rings (SSSR count). The molecular formula is C12H17N3O3. The maximum Gasteiger partial charge on any atom is 0.267 e. The highest BCUT2D eigenvalue weighted by Crippen LogP contribution is 2.01. The first-order valence-corrected chi connectivity index (χ1v) is 5.66. The monoisotopic (exact) mass is 251 g/mol. The normalized spacial score (nSPS) is 10.4. The molecule has 0 unspecified atom stereocenters. The van der Waals surface area contributed by atoms with Crippen molar-refractivity contribution in [2.24, 2.45) is 5.73 Å². The second-order valence-electron chi connectivity index (χ2n) is 3.97. The fraction of sp³-hybridized carbons (Fsp3) is 0.417. The number of pyridine rings is 1. The Morgan fingerprint density at radius 1 is 1.50 bits per heavy atom. The molecule has 3 N–H and O–H groups in total. The molecule has 0 atom stereocenters. The van der Waals surface area contributed by atoms with Gasteiger partial charge in [-0.3, -0.25) is 14.6 Å². The first-order chi connectivity index (χ1) is 8.50. The quantitative estimate of drug-likeness (QED) is 0.712. The molecule has 1 aromatic heterocycles. The first kappa shape index (κ1) is 14.1. The zero-order chi connectivity index (χ0) is 13.5. The van der Waals surface area contributed by atoms with E-state index < -0.39 is 5.91 Å². The Bertz CT molecular complexity index is 432. The number of carbonyl (C=O) groups excluding carboxylic acids is 2. The van der Waals surface area contributed by atoms with Gasteiger partial charge in [0.05, 0.1) is 12.7 Å². The first-order valence-electron chi connectivity index (χ1n) is 5.66. The van der Waals surface area contributed by atoms with Crippen molar-refractivity contribution < 1.29 is 14.3 Å². The maximum absolute atomic E-state index is 11.7. The van der Waals surface area contributed by atoms with E-state index >= 15 is 0 Å². The summed E-state index contributed by atoms with van der Waals surface area (Å²) in [6.45, 7) is 4.69. The van der Waals surface area contributed by atoms with Crippen molar-refractivity contribution in [3.05, 3.63) is 29.6 Å². The minimum atomic E-state index is -0.659. The minimum Gasteiger partial charge on any atom is -0.377 e. The molecule has 98 valence electrons. The minimum absolute atomic E-state index is 0.0704. The standard InChI is InChI=1S/C12H17N3O3/c1-8(2)18-6-5-15-12(17)9-3-4-14-10(7-9)11(13)16/h3-4,7-8H,5-6H2,1-2H3,(H2,13,16)(H,15,17). The third kappa shape index (κ3) is 4.50. The summed E-state index contributed by atoms with van der Waals surface area (Å²) in [5, 5.41) is 2.68. The van der Waals surface area contributed by atoms with E-state index in [1.165, 1.54) is 18.3 Å². The molecule has 0 bridgehead atoms. The third-order valence-corrected chi connectivity index (χ3v) is 2.11. The lowest BCUT2D eigenvalue weighted by molar-refractivity contribution is 0.0746. The average Bonchev–Trinajstić information content (AvgIpc) is 2.34. The van der Waals surface area contributed by atoms with Crippen LogP contribution in [0, 0.1) is 0 Å². The van der Waals surface area contributed by atoms with E-state index in [4.69, 9.17) is 10.5 Å². The highest BCUT2D eigenvalue weighted by Gasteiger charge is 2.08. The van der Waals surface area contributed by atoms with Crippen molar-refractivity contribution in [1.82, 2.24) is 10.3 Å². The van der Waals surface area contributed by atoms with E-state index in [1.807, 2.05) is 13.8 Å². The van der Waals surface area contributed by atoms with Gasteiger partial charge in [0.25, 0.3) is 11.8 Å². The van der Waals surface area contributed by atoms with Crippen molar-refractivity contribution in [3.63, 3.8) is 0 Å². The number of aromatic nitrogens is 1. The Kier molecular flexibility index (Phi) is 5.26. The van der Waals surface area contributed by atoms with E-state index in [0.29, 0.717) is 18.7 Å². The number of nitrogens with one attached hydrogen (secondary N) is 1. The Hall–Kier alpha value is -1.95. The van der Waals surface area contributed by atoms with Gasteiger partial charge in [-0.1, -0.05) is 0 Å². The van der Waals surface area contributed by atoms with Crippen LogP contribution in [0.15, 0.2) is 18.3 Å². The van der Waals surface area contributed by atoms with Crippen LogP contribution in [-0.2, 0) is 4.74 Å². The van der Waals surface area contributed by atoms with Crippen LogP contribution in [-0.4, -0.2) is 36.1 Å². The van der Waals surface area contributed by atoms with E-state index in [9.17, 15) is 9.59 Å². The maximum atomic E-state index is 11.7. The lowest BCUT2D eigenvalue weighted by Crippen LogP contribution is -2.28. The van der Waals surface area contributed by atoms with Gasteiger partial charge < -0.3 is 15.8 Å². The molecule has 0 fully saturated rings. The summed E-state index contributed by atoms with van der Waals surface area (Å²) in [5.41, 5.74) is 5.51. The van der Waals surface area contributed by atoms with Crippen molar-refractivity contribution in [3.8, 4) is 0 Å². The molecule has 0 aliphatic carbocycles. The summed E-state index contributed by atoms with van der Waals surface area (Å²) in [6, 6.07) is 2.88. The average molecular weight is 251 g/mol. The molecule has 0 spiro atoms. The van der Waals surface area contributed by atoms with Gasteiger partial charge in [-0.25, -0.2) is 0 Å². The van der Waals surface area contributed by atoms with Crippen LogP contribution in [0.5, 0.6) is 0 Å². The van der Waals surface area contributed by atoms with Gasteiger partial charge in [-0.05, 0) is 26.0 Å². The SMILES string of the molecule is CC(C)OCCNC(=O)c1ccnc(C(N)=O)c1. The molecule has 0 aliphatic rings. The fourth-order valence-electron chi connectivity index (χ4n) is 1.27. The summed E-state index contributed by atoms with van der Waals surface area (Å²) in [4.78, 5) is 26.4. The summed E-state index contributed by atoms with van der Waals surface area (Å²) in [5.74, 6) is -0.944. The zero-order valence-corrected chi connectivity index (χ0v) is 10.5. The Balaban J connectivity index is 2.51. The number of primary amides is 1. The molecule has 2 amide bonds. The molecule has 0 saturated heterocycles. The molecule has 0 aromatic carbocycles. The number of carbonyl (C=O) groups is 2. The molecule has 18 heavy (non-hydrogen) atoms. The Labute approximate surface area is 106 Å². The van der Waals surface area contributed by atoms with Gasteiger partial charge in [0.2, 0.25) is 0 Å². The number of nitrogens with two attached hydrogens (primary N) is 1.